The summed E-state index contributed by atoms with van der Waals surface area (Å²) in [6.07, 6.45) is 7.26. The molecule has 0 radical (unpaired) electrons. The summed E-state index contributed by atoms with van der Waals surface area (Å²) in [5, 5.41) is 1.07. The zero-order chi connectivity index (χ0) is 11.4. The van der Waals surface area contributed by atoms with Crippen LogP contribution in [-0.4, -0.2) is 9.55 Å². The number of nitrogens with zero attached hydrogens (tertiary/aromatic N) is 2. The average Bonchev–Trinajstić information content (AvgIpc) is 2.18. The molecule has 0 saturated carbocycles. The van der Waals surface area contributed by atoms with E-state index in [4.69, 9.17) is 0 Å². The molecule has 0 aromatic carbocycles. The molecule has 0 aliphatic carbocycles. The summed E-state index contributed by atoms with van der Waals surface area (Å²) >= 11 is 0. The van der Waals surface area contributed by atoms with E-state index in [9.17, 15) is 4.79 Å². The highest BCUT2D eigenvalue weighted by molar-refractivity contribution is 5.34. The summed E-state index contributed by atoms with van der Waals surface area (Å²) in [5.41, 5.74) is -0.103. The number of allylic oxidation sites excluding steroid dienone is 2. The summed E-state index contributed by atoms with van der Waals surface area (Å²) in [7, 11) is 1.66. The number of aryl methyl sites for hydroxylation is 1. The van der Waals surface area contributed by atoms with Gasteiger partial charge in [-0.3, -0.25) is 4.79 Å². The van der Waals surface area contributed by atoms with Crippen molar-refractivity contribution in [2.24, 2.45) is 13.0 Å². The molecule has 1 aromatic rings. The fourth-order valence-electron chi connectivity index (χ4n) is 1.11. The van der Waals surface area contributed by atoms with E-state index in [0.29, 0.717) is 16.5 Å². The van der Waals surface area contributed by atoms with Gasteiger partial charge < -0.3 is 4.57 Å². The van der Waals surface area contributed by atoms with E-state index in [0.717, 1.165) is 0 Å². The molecular weight excluding hydrogens is 188 g/mol. The SMILES string of the molecule is C=c1c(=CC=CC(C)C)ncn(C)c1=O. The van der Waals surface area contributed by atoms with Crippen molar-refractivity contribution in [1.82, 2.24) is 9.55 Å². The van der Waals surface area contributed by atoms with Gasteiger partial charge in [0.25, 0.3) is 5.56 Å². The van der Waals surface area contributed by atoms with Crippen molar-refractivity contribution in [3.63, 3.8) is 0 Å². The van der Waals surface area contributed by atoms with Gasteiger partial charge in [-0.25, -0.2) is 4.98 Å². The molecular formula is C12H16N2O. The van der Waals surface area contributed by atoms with E-state index in [1.165, 1.54) is 10.9 Å². The second-order valence-corrected chi connectivity index (χ2v) is 3.82. The standard InChI is InChI=1S/C12H16N2O/c1-9(2)6-5-7-11-10(3)12(15)14(4)8-13-11/h5-9H,3H2,1-2,4H3. The number of hydrogen-bond acceptors (Lipinski definition) is 2. The molecule has 0 amide bonds. The molecule has 0 N–H and O–H groups in total. The number of hydrogen-bond donors (Lipinski definition) is 0. The van der Waals surface area contributed by atoms with Gasteiger partial charge in [0.2, 0.25) is 0 Å². The Bertz CT molecular complexity index is 524. The zero-order valence-electron chi connectivity index (χ0n) is 9.40. The van der Waals surface area contributed by atoms with Gasteiger partial charge in [0.1, 0.15) is 0 Å². The molecule has 80 valence electrons. The van der Waals surface area contributed by atoms with Crippen LogP contribution in [0.4, 0.5) is 0 Å². The van der Waals surface area contributed by atoms with Gasteiger partial charge in [0.15, 0.2) is 0 Å². The third-order valence-electron chi connectivity index (χ3n) is 2.01. The van der Waals surface area contributed by atoms with Crippen LogP contribution in [-0.2, 0) is 7.05 Å². The van der Waals surface area contributed by atoms with E-state index >= 15 is 0 Å². The predicted octanol–water partition coefficient (Wildman–Crippen LogP) is 0.183. The van der Waals surface area contributed by atoms with Crippen LogP contribution in [0.25, 0.3) is 12.7 Å². The predicted molar refractivity (Wildman–Crippen MR) is 62.7 cm³/mol. The molecule has 3 nitrogen and oxygen atoms in total. The van der Waals surface area contributed by atoms with Gasteiger partial charge in [-0.2, -0.15) is 0 Å². The maximum Gasteiger partial charge on any atom is 0.260 e. The smallest absolute Gasteiger partial charge is 0.260 e. The van der Waals surface area contributed by atoms with Gasteiger partial charge in [-0.05, 0) is 12.0 Å². The first-order valence-electron chi connectivity index (χ1n) is 4.91. The Morgan fingerprint density at radius 2 is 2.20 bits per heavy atom. The van der Waals surface area contributed by atoms with Crippen molar-refractivity contribution in [3.8, 4) is 0 Å². The van der Waals surface area contributed by atoms with Gasteiger partial charge in [-0.15, -0.1) is 0 Å². The third kappa shape index (κ3) is 2.91. The van der Waals surface area contributed by atoms with Crippen LogP contribution in [0.5, 0.6) is 0 Å². The van der Waals surface area contributed by atoms with Crippen LogP contribution in [0.15, 0.2) is 23.3 Å². The molecule has 15 heavy (non-hydrogen) atoms. The molecule has 0 fully saturated rings. The Kier molecular flexibility index (Phi) is 3.61. The molecule has 0 saturated heterocycles. The quantitative estimate of drug-likeness (QED) is 0.689. The third-order valence-corrected chi connectivity index (χ3v) is 2.01. The molecule has 1 aromatic heterocycles. The summed E-state index contributed by atoms with van der Waals surface area (Å²) in [6, 6.07) is 0. The zero-order valence-corrected chi connectivity index (χ0v) is 9.40. The number of rotatable bonds is 2. The summed E-state index contributed by atoms with van der Waals surface area (Å²) in [6.45, 7) is 7.90. The normalized spacial score (nSPS) is 12.9. The molecule has 1 rings (SSSR count). The lowest BCUT2D eigenvalue weighted by atomic mass is 10.2. The Morgan fingerprint density at radius 1 is 1.53 bits per heavy atom. The van der Waals surface area contributed by atoms with E-state index < -0.39 is 0 Å². The minimum absolute atomic E-state index is 0.103. The summed E-state index contributed by atoms with van der Waals surface area (Å²) in [5.74, 6) is 0.487. The fourth-order valence-corrected chi connectivity index (χ4v) is 1.11. The average molecular weight is 204 g/mol. The summed E-state index contributed by atoms with van der Waals surface area (Å²) in [4.78, 5) is 15.6. The van der Waals surface area contributed by atoms with Crippen LogP contribution >= 0.6 is 0 Å². The molecule has 0 bridgehead atoms. The lowest BCUT2D eigenvalue weighted by Crippen LogP contribution is -2.44. The molecule has 0 spiro atoms. The van der Waals surface area contributed by atoms with Crippen LogP contribution in [0.3, 0.4) is 0 Å². The van der Waals surface area contributed by atoms with E-state index in [-0.39, 0.29) is 5.56 Å². The minimum atomic E-state index is -0.103. The minimum Gasteiger partial charge on any atom is -0.302 e. The Labute approximate surface area is 89.1 Å². The topological polar surface area (TPSA) is 34.9 Å². The van der Waals surface area contributed by atoms with Gasteiger partial charge in [0.05, 0.1) is 16.9 Å². The van der Waals surface area contributed by atoms with Crippen LogP contribution < -0.4 is 16.1 Å². The van der Waals surface area contributed by atoms with Crippen molar-refractivity contribution < 1.29 is 0 Å². The van der Waals surface area contributed by atoms with Gasteiger partial charge in [0, 0.05) is 7.05 Å². The summed E-state index contributed by atoms with van der Waals surface area (Å²) < 4.78 is 1.42. The first-order chi connectivity index (χ1) is 7.02. The first kappa shape index (κ1) is 11.4. The lowest BCUT2D eigenvalue weighted by molar-refractivity contribution is 0.805. The largest absolute Gasteiger partial charge is 0.302 e. The van der Waals surface area contributed by atoms with E-state index in [2.05, 4.69) is 25.4 Å². The highest BCUT2D eigenvalue weighted by Gasteiger charge is 1.92. The highest BCUT2D eigenvalue weighted by atomic mass is 16.1. The first-order valence-corrected chi connectivity index (χ1v) is 4.91. The Hall–Kier alpha value is -1.64. The maximum absolute atomic E-state index is 11.5. The molecule has 0 atom stereocenters. The van der Waals surface area contributed by atoms with Crippen molar-refractivity contribution in [2.45, 2.75) is 13.8 Å². The van der Waals surface area contributed by atoms with Crippen LogP contribution in [0, 0.1) is 5.92 Å². The van der Waals surface area contributed by atoms with Crippen molar-refractivity contribution in [1.29, 1.82) is 0 Å². The van der Waals surface area contributed by atoms with E-state index in [1.54, 1.807) is 7.05 Å². The van der Waals surface area contributed by atoms with Crippen molar-refractivity contribution >= 4 is 12.7 Å². The second-order valence-electron chi connectivity index (χ2n) is 3.82. The Balaban J connectivity index is 3.24. The molecule has 3 heteroatoms. The number of aromatic nitrogens is 2. The Morgan fingerprint density at radius 3 is 2.80 bits per heavy atom. The molecule has 0 aliphatic heterocycles. The van der Waals surface area contributed by atoms with Crippen molar-refractivity contribution in [3.05, 3.63) is 39.4 Å². The monoisotopic (exact) mass is 204 g/mol. The lowest BCUT2D eigenvalue weighted by Gasteiger charge is -1.94. The molecule has 1 heterocycles. The fraction of sp³-hybridized carbons (Fsp3) is 0.333. The van der Waals surface area contributed by atoms with Gasteiger partial charge in [-0.1, -0.05) is 32.6 Å². The maximum atomic E-state index is 11.5. The molecule has 0 unspecified atom stereocenters. The highest BCUT2D eigenvalue weighted by Crippen LogP contribution is 1.92. The van der Waals surface area contributed by atoms with Gasteiger partial charge >= 0.3 is 0 Å². The molecule has 0 aliphatic rings. The van der Waals surface area contributed by atoms with E-state index in [1.807, 2.05) is 18.2 Å². The van der Waals surface area contributed by atoms with Crippen molar-refractivity contribution in [2.75, 3.05) is 0 Å². The van der Waals surface area contributed by atoms with Crippen LogP contribution in [0.2, 0.25) is 0 Å². The second kappa shape index (κ2) is 4.73. The van der Waals surface area contributed by atoms with Crippen LogP contribution in [0.1, 0.15) is 13.8 Å².